The second-order valence-electron chi connectivity index (χ2n) is 10.9. The lowest BCUT2D eigenvalue weighted by atomic mass is 9.92. The van der Waals surface area contributed by atoms with Crippen molar-refractivity contribution in [1.82, 2.24) is 19.7 Å². The van der Waals surface area contributed by atoms with E-state index >= 15 is 0 Å². The van der Waals surface area contributed by atoms with Crippen molar-refractivity contribution in [2.45, 2.75) is 46.5 Å². The average molecular weight is 497 g/mol. The predicted octanol–water partition coefficient (Wildman–Crippen LogP) is 7.61. The normalized spacial score (nSPS) is 12.0. The Morgan fingerprint density at radius 2 is 1.54 bits per heavy atom. The summed E-state index contributed by atoms with van der Waals surface area (Å²) in [7, 11) is 0. The minimum Gasteiger partial charge on any atom is -0.367 e. The first-order valence-corrected chi connectivity index (χ1v) is 12.8. The first-order chi connectivity index (χ1) is 17.7. The van der Waals surface area contributed by atoms with Crippen molar-refractivity contribution in [3.8, 4) is 5.69 Å². The van der Waals surface area contributed by atoms with Gasteiger partial charge in [0.05, 0.1) is 22.4 Å². The zero-order valence-corrected chi connectivity index (χ0v) is 22.0. The lowest BCUT2D eigenvalue weighted by Crippen LogP contribution is -2.12. The van der Waals surface area contributed by atoms with E-state index in [0.717, 1.165) is 40.5 Å². The molecule has 0 aliphatic heterocycles. The summed E-state index contributed by atoms with van der Waals surface area (Å²) in [6.07, 6.45) is 1.01. The highest BCUT2D eigenvalue weighted by atomic mass is 19.1. The molecule has 0 spiro atoms. The molecule has 2 aromatic heterocycles. The summed E-state index contributed by atoms with van der Waals surface area (Å²) in [6.45, 7) is 11.5. The van der Waals surface area contributed by atoms with Crippen molar-refractivity contribution in [3.63, 3.8) is 0 Å². The van der Waals surface area contributed by atoms with Gasteiger partial charge in [-0.25, -0.2) is 19.0 Å². The van der Waals surface area contributed by atoms with Crippen LogP contribution in [0, 0.1) is 11.7 Å². The summed E-state index contributed by atoms with van der Waals surface area (Å²) in [4.78, 5) is 9.96. The van der Waals surface area contributed by atoms with Gasteiger partial charge in [-0.1, -0.05) is 65.0 Å². The molecule has 2 heterocycles. The first kappa shape index (κ1) is 24.7. The molecule has 0 bridgehead atoms. The number of halogens is 1. The zero-order valence-electron chi connectivity index (χ0n) is 22.0. The Morgan fingerprint density at radius 1 is 0.865 bits per heavy atom. The van der Waals surface area contributed by atoms with Crippen LogP contribution >= 0.6 is 0 Å². The largest absolute Gasteiger partial charge is 0.367 e. The highest BCUT2D eigenvalue weighted by Crippen LogP contribution is 2.31. The smallest absolute Gasteiger partial charge is 0.175 e. The van der Waals surface area contributed by atoms with Gasteiger partial charge in [-0.15, -0.1) is 0 Å². The van der Waals surface area contributed by atoms with E-state index in [1.807, 2.05) is 24.3 Å². The Balaban J connectivity index is 1.63. The van der Waals surface area contributed by atoms with E-state index in [1.54, 1.807) is 10.7 Å². The van der Waals surface area contributed by atoms with Gasteiger partial charge in [0.1, 0.15) is 11.6 Å². The van der Waals surface area contributed by atoms with Crippen LogP contribution in [-0.4, -0.2) is 26.3 Å². The Kier molecular flexibility index (Phi) is 6.54. The van der Waals surface area contributed by atoms with Crippen molar-refractivity contribution in [3.05, 3.63) is 78.2 Å². The van der Waals surface area contributed by atoms with Crippen LogP contribution in [0.3, 0.4) is 0 Å². The number of nitrogens with zero attached hydrogens (tertiary/aromatic N) is 4. The number of anilines is 3. The average Bonchev–Trinajstić information content (AvgIpc) is 3.27. The topological polar surface area (TPSA) is 67.7 Å². The quantitative estimate of drug-likeness (QED) is 0.227. The third kappa shape index (κ3) is 5.40. The van der Waals surface area contributed by atoms with Crippen LogP contribution in [-0.2, 0) is 5.41 Å². The maximum atomic E-state index is 14.1. The Morgan fingerprint density at radius 3 is 2.16 bits per heavy atom. The van der Waals surface area contributed by atoms with Gasteiger partial charge in [-0.3, -0.25) is 0 Å². The van der Waals surface area contributed by atoms with Gasteiger partial charge >= 0.3 is 0 Å². The van der Waals surface area contributed by atoms with Crippen LogP contribution in [0.5, 0.6) is 0 Å². The molecule has 0 radical (unpaired) electrons. The number of nitrogens with one attached hydrogen (secondary N) is 2. The van der Waals surface area contributed by atoms with Gasteiger partial charge in [0, 0.05) is 18.0 Å². The lowest BCUT2D eigenvalue weighted by Gasteiger charge is -2.15. The van der Waals surface area contributed by atoms with E-state index < -0.39 is 0 Å². The number of hydrogen-bond donors (Lipinski definition) is 2. The van der Waals surface area contributed by atoms with Gasteiger partial charge in [0.25, 0.3) is 0 Å². The van der Waals surface area contributed by atoms with E-state index in [1.165, 1.54) is 12.1 Å². The van der Waals surface area contributed by atoms with Gasteiger partial charge in [0.2, 0.25) is 0 Å². The first-order valence-electron chi connectivity index (χ1n) is 12.8. The fourth-order valence-electron chi connectivity index (χ4n) is 4.19. The summed E-state index contributed by atoms with van der Waals surface area (Å²) in [5.41, 5.74) is 2.94. The summed E-state index contributed by atoms with van der Waals surface area (Å²) < 4.78 is 15.9. The molecule has 0 aliphatic rings. The molecule has 0 aliphatic carbocycles. The SMILES string of the molecule is CC(C)CCNc1nc2cc3ccccc3cc2nc1Nc1cc(C(C)(C)C)nn1-c1cccc(F)c1. The summed E-state index contributed by atoms with van der Waals surface area (Å²) >= 11 is 0. The van der Waals surface area contributed by atoms with Crippen LogP contribution in [0.4, 0.5) is 21.8 Å². The van der Waals surface area contributed by atoms with Gasteiger partial charge in [0.15, 0.2) is 11.6 Å². The van der Waals surface area contributed by atoms with Crippen LogP contribution in [0.15, 0.2) is 66.7 Å². The molecule has 2 N–H and O–H groups in total. The molecule has 3 aromatic carbocycles. The minimum atomic E-state index is -0.315. The molecule has 0 saturated heterocycles. The molecule has 5 aromatic rings. The van der Waals surface area contributed by atoms with E-state index in [2.05, 4.69) is 69.5 Å². The standard InChI is InChI=1S/C30H33FN6/c1-19(2)13-14-32-28-29(34-25-16-21-10-7-6-9-20(21)15-24(25)33-28)35-27-18-26(30(3,4)5)36-37(27)23-12-8-11-22(31)17-23/h6-12,15-19H,13-14H2,1-5H3,(H,32,33)(H,34,35). The Bertz CT molecular complexity index is 1560. The highest BCUT2D eigenvalue weighted by Gasteiger charge is 2.22. The predicted molar refractivity (Wildman–Crippen MR) is 150 cm³/mol. The van der Waals surface area contributed by atoms with Crippen LogP contribution in [0.1, 0.15) is 46.7 Å². The monoisotopic (exact) mass is 496 g/mol. The summed E-state index contributed by atoms with van der Waals surface area (Å²) in [6, 6.07) is 20.8. The van der Waals surface area contributed by atoms with Crippen molar-refractivity contribution in [1.29, 1.82) is 0 Å². The number of hydrogen-bond acceptors (Lipinski definition) is 5. The summed E-state index contributed by atoms with van der Waals surface area (Å²) in [5, 5.41) is 14.0. The van der Waals surface area contributed by atoms with Crippen molar-refractivity contribution in [2.75, 3.05) is 17.2 Å². The Hall–Kier alpha value is -4.00. The second-order valence-corrected chi connectivity index (χ2v) is 10.9. The van der Waals surface area contributed by atoms with E-state index in [9.17, 15) is 4.39 Å². The van der Waals surface area contributed by atoms with Gasteiger partial charge < -0.3 is 10.6 Å². The molecule has 7 heteroatoms. The fourth-order valence-corrected chi connectivity index (χ4v) is 4.19. The molecule has 6 nitrogen and oxygen atoms in total. The molecule has 37 heavy (non-hydrogen) atoms. The minimum absolute atomic E-state index is 0.193. The van der Waals surface area contributed by atoms with Crippen molar-refractivity contribution in [2.24, 2.45) is 5.92 Å². The summed E-state index contributed by atoms with van der Waals surface area (Å²) in [5.74, 6) is 2.21. The number of fused-ring (bicyclic) bond motifs is 2. The van der Waals surface area contributed by atoms with Crippen LogP contribution < -0.4 is 10.6 Å². The molecule has 0 unspecified atom stereocenters. The molecule has 0 fully saturated rings. The third-order valence-corrected chi connectivity index (χ3v) is 6.32. The second kappa shape index (κ2) is 9.81. The van der Waals surface area contributed by atoms with Crippen molar-refractivity contribution >= 4 is 39.3 Å². The molecular formula is C30H33FN6. The number of rotatable bonds is 7. The zero-order chi connectivity index (χ0) is 26.2. The number of benzene rings is 3. The van der Waals surface area contributed by atoms with E-state index in [0.29, 0.717) is 29.1 Å². The van der Waals surface area contributed by atoms with E-state index in [-0.39, 0.29) is 11.2 Å². The number of aromatic nitrogens is 4. The van der Waals surface area contributed by atoms with Gasteiger partial charge in [-0.2, -0.15) is 5.10 Å². The molecule has 190 valence electrons. The van der Waals surface area contributed by atoms with Crippen LogP contribution in [0.25, 0.3) is 27.5 Å². The maximum Gasteiger partial charge on any atom is 0.175 e. The molecule has 5 rings (SSSR count). The van der Waals surface area contributed by atoms with Gasteiger partial charge in [-0.05, 0) is 53.4 Å². The highest BCUT2D eigenvalue weighted by molar-refractivity contribution is 5.96. The molecule has 0 saturated carbocycles. The fraction of sp³-hybridized carbons (Fsp3) is 0.300. The van der Waals surface area contributed by atoms with E-state index in [4.69, 9.17) is 15.1 Å². The lowest BCUT2D eigenvalue weighted by molar-refractivity contribution is 0.560. The molecule has 0 atom stereocenters. The molecular weight excluding hydrogens is 463 g/mol. The molecule has 0 amide bonds. The maximum absolute atomic E-state index is 14.1. The van der Waals surface area contributed by atoms with Crippen LogP contribution in [0.2, 0.25) is 0 Å². The van der Waals surface area contributed by atoms with Crippen molar-refractivity contribution < 1.29 is 4.39 Å². The third-order valence-electron chi connectivity index (χ3n) is 6.32. The Labute approximate surface area is 217 Å².